The fourth-order valence-corrected chi connectivity index (χ4v) is 3.54. The van der Waals surface area contributed by atoms with Gasteiger partial charge in [-0.25, -0.2) is 0 Å². The molecule has 3 rings (SSSR count). The van der Waals surface area contributed by atoms with Crippen LogP contribution in [0.4, 0.5) is 0 Å². The summed E-state index contributed by atoms with van der Waals surface area (Å²) in [5, 5.41) is 3.57. The lowest BCUT2D eigenvalue weighted by atomic mass is 9.99. The molecular weight excluding hydrogens is 436 g/mol. The van der Waals surface area contributed by atoms with Crippen molar-refractivity contribution < 1.29 is 17.4 Å². The number of halogens is 1. The molecule has 0 unspecified atom stereocenters. The van der Waals surface area contributed by atoms with E-state index in [1.165, 1.54) is 0 Å². The molecule has 0 saturated heterocycles. The first-order chi connectivity index (χ1) is 14.6. The van der Waals surface area contributed by atoms with Crippen LogP contribution < -0.4 is 5.32 Å². The van der Waals surface area contributed by atoms with Crippen molar-refractivity contribution in [3.8, 4) is 11.1 Å². The highest BCUT2D eigenvalue weighted by Crippen LogP contribution is 2.24. The van der Waals surface area contributed by atoms with Gasteiger partial charge in [0.1, 0.15) is 0 Å². The van der Waals surface area contributed by atoms with Crippen LogP contribution >= 0.6 is 11.6 Å². The van der Waals surface area contributed by atoms with Gasteiger partial charge in [-0.05, 0) is 78.1 Å². The molecule has 1 aromatic heterocycles. The molecule has 6 nitrogen and oxygen atoms in total. The van der Waals surface area contributed by atoms with Gasteiger partial charge in [0.15, 0.2) is 0 Å². The van der Waals surface area contributed by atoms with Crippen LogP contribution in [0.1, 0.15) is 32.7 Å². The summed E-state index contributed by atoms with van der Waals surface area (Å²) in [6, 6.07) is 14.5. The number of pyridine rings is 1. The number of carbonyl (C=O) groups excluding carboxylic acids is 1. The van der Waals surface area contributed by atoms with Crippen LogP contribution in [-0.4, -0.2) is 25.6 Å². The number of benzene rings is 2. The molecule has 0 atom stereocenters. The molecular formula is C23H23ClN2O4S. The van der Waals surface area contributed by atoms with Crippen molar-refractivity contribution in [2.24, 2.45) is 0 Å². The first kappa shape index (κ1) is 22.9. The van der Waals surface area contributed by atoms with E-state index in [4.69, 9.17) is 15.8 Å². The van der Waals surface area contributed by atoms with E-state index in [0.717, 1.165) is 34.2 Å². The van der Waals surface area contributed by atoms with Gasteiger partial charge in [-0.3, -0.25) is 14.0 Å². The minimum absolute atomic E-state index is 0.159. The summed E-state index contributed by atoms with van der Waals surface area (Å²) in [5.74, 6) is -0.277. The zero-order chi connectivity index (χ0) is 22.6. The highest BCUT2D eigenvalue weighted by molar-refractivity contribution is 7.85. The number of rotatable bonds is 7. The second-order valence-corrected chi connectivity index (χ2v) is 9.39. The zero-order valence-corrected chi connectivity index (χ0v) is 19.0. The van der Waals surface area contributed by atoms with Crippen molar-refractivity contribution in [1.82, 2.24) is 10.3 Å². The molecule has 3 aromatic rings. The van der Waals surface area contributed by atoms with Crippen molar-refractivity contribution in [1.29, 1.82) is 0 Å². The Hall–Kier alpha value is -2.74. The predicted molar refractivity (Wildman–Crippen MR) is 121 cm³/mol. The molecule has 0 saturated carbocycles. The summed E-state index contributed by atoms with van der Waals surface area (Å²) in [7, 11) is -3.61. The van der Waals surface area contributed by atoms with Crippen LogP contribution in [0.2, 0.25) is 5.02 Å². The number of aryl methyl sites for hydroxylation is 2. The number of hydrogen-bond acceptors (Lipinski definition) is 5. The molecule has 0 spiro atoms. The van der Waals surface area contributed by atoms with Gasteiger partial charge in [0, 0.05) is 29.0 Å². The molecule has 162 valence electrons. The van der Waals surface area contributed by atoms with E-state index in [0.29, 0.717) is 22.7 Å². The molecule has 0 aliphatic heterocycles. The van der Waals surface area contributed by atoms with Crippen LogP contribution in [0.5, 0.6) is 0 Å². The maximum absolute atomic E-state index is 12.9. The lowest BCUT2D eigenvalue weighted by molar-refractivity contribution is 0.0951. The minimum atomic E-state index is -3.61. The smallest absolute Gasteiger partial charge is 0.264 e. The Morgan fingerprint density at radius 2 is 1.81 bits per heavy atom. The number of nitrogens with one attached hydrogen (secondary N) is 1. The lowest BCUT2D eigenvalue weighted by Crippen LogP contribution is -2.23. The quantitative estimate of drug-likeness (QED) is 0.529. The van der Waals surface area contributed by atoms with Crippen molar-refractivity contribution in [2.45, 2.75) is 27.0 Å². The Labute approximate surface area is 187 Å². The first-order valence-corrected chi connectivity index (χ1v) is 11.7. The predicted octanol–water partition coefficient (Wildman–Crippen LogP) is 4.43. The monoisotopic (exact) mass is 458 g/mol. The summed E-state index contributed by atoms with van der Waals surface area (Å²) in [6.07, 6.45) is 2.68. The third-order valence-electron chi connectivity index (χ3n) is 4.60. The van der Waals surface area contributed by atoms with Crippen LogP contribution in [0.15, 0.2) is 54.7 Å². The van der Waals surface area contributed by atoms with Gasteiger partial charge in [0.05, 0.1) is 12.9 Å². The molecule has 1 N–H and O–H groups in total. The summed E-state index contributed by atoms with van der Waals surface area (Å²) in [6.45, 7) is 3.96. The Bertz CT molecular complexity index is 1230. The van der Waals surface area contributed by atoms with E-state index in [-0.39, 0.29) is 12.5 Å². The minimum Gasteiger partial charge on any atom is -0.348 e. The molecule has 0 aliphatic rings. The van der Waals surface area contributed by atoms with Gasteiger partial charge >= 0.3 is 0 Å². The molecule has 0 radical (unpaired) electrons. The largest absolute Gasteiger partial charge is 0.348 e. The highest BCUT2D eigenvalue weighted by Gasteiger charge is 2.12. The standard InChI is InChI=1S/C23H23ClN2O4S/c1-15-8-17(4-5-22(15)24)13-26-23(27)21-11-18(14-30-31(3,28)29)10-20(12-21)19-6-7-25-16(2)9-19/h4-12H,13-14H2,1-3H3,(H,26,27). The van der Waals surface area contributed by atoms with Gasteiger partial charge in [0.2, 0.25) is 0 Å². The van der Waals surface area contributed by atoms with E-state index in [9.17, 15) is 13.2 Å². The van der Waals surface area contributed by atoms with E-state index in [1.807, 2.05) is 38.1 Å². The second-order valence-electron chi connectivity index (χ2n) is 7.34. The number of amides is 1. The second kappa shape index (κ2) is 9.60. The summed E-state index contributed by atoms with van der Waals surface area (Å²) >= 11 is 6.06. The lowest BCUT2D eigenvalue weighted by Gasteiger charge is -2.12. The third-order valence-corrected chi connectivity index (χ3v) is 5.57. The van der Waals surface area contributed by atoms with E-state index >= 15 is 0 Å². The Morgan fingerprint density at radius 3 is 2.48 bits per heavy atom. The Morgan fingerprint density at radius 1 is 1.03 bits per heavy atom. The molecule has 2 aromatic carbocycles. The summed E-state index contributed by atoms with van der Waals surface area (Å²) in [5.41, 5.74) is 5.32. The zero-order valence-electron chi connectivity index (χ0n) is 17.5. The van der Waals surface area contributed by atoms with Crippen LogP contribution in [0, 0.1) is 13.8 Å². The SMILES string of the molecule is Cc1cc(-c2cc(COS(C)(=O)=O)cc(C(=O)NCc3ccc(Cl)c(C)c3)c2)ccn1. The third kappa shape index (κ3) is 6.62. The molecule has 8 heteroatoms. The van der Waals surface area contributed by atoms with Gasteiger partial charge in [-0.2, -0.15) is 8.42 Å². The summed E-state index contributed by atoms with van der Waals surface area (Å²) < 4.78 is 27.8. The highest BCUT2D eigenvalue weighted by atomic mass is 35.5. The molecule has 0 fully saturated rings. The van der Waals surface area contributed by atoms with E-state index < -0.39 is 10.1 Å². The maximum atomic E-state index is 12.9. The number of carbonyl (C=O) groups is 1. The van der Waals surface area contributed by atoms with Gasteiger partial charge in [-0.1, -0.05) is 23.7 Å². The van der Waals surface area contributed by atoms with Crippen molar-refractivity contribution >= 4 is 27.6 Å². The maximum Gasteiger partial charge on any atom is 0.264 e. The Balaban J connectivity index is 1.88. The van der Waals surface area contributed by atoms with E-state index in [2.05, 4.69) is 10.3 Å². The average Bonchev–Trinajstić information content (AvgIpc) is 2.72. The molecule has 1 heterocycles. The van der Waals surface area contributed by atoms with Crippen molar-refractivity contribution in [3.63, 3.8) is 0 Å². The van der Waals surface area contributed by atoms with Crippen LogP contribution in [0.25, 0.3) is 11.1 Å². The number of nitrogens with zero attached hydrogens (tertiary/aromatic N) is 1. The molecule has 31 heavy (non-hydrogen) atoms. The number of aromatic nitrogens is 1. The number of hydrogen-bond donors (Lipinski definition) is 1. The first-order valence-electron chi connectivity index (χ1n) is 9.55. The van der Waals surface area contributed by atoms with Crippen molar-refractivity contribution in [3.05, 3.63) is 87.7 Å². The fourth-order valence-electron chi connectivity index (χ4n) is 3.07. The van der Waals surface area contributed by atoms with Crippen LogP contribution in [0.3, 0.4) is 0 Å². The molecule has 0 aliphatic carbocycles. The summed E-state index contributed by atoms with van der Waals surface area (Å²) in [4.78, 5) is 17.1. The van der Waals surface area contributed by atoms with Gasteiger partial charge in [0.25, 0.3) is 16.0 Å². The van der Waals surface area contributed by atoms with Gasteiger partial charge in [-0.15, -0.1) is 0 Å². The van der Waals surface area contributed by atoms with E-state index in [1.54, 1.807) is 30.5 Å². The Kier molecular flexibility index (Phi) is 7.10. The normalized spacial score (nSPS) is 11.4. The van der Waals surface area contributed by atoms with Crippen LogP contribution in [-0.2, 0) is 27.5 Å². The molecule has 0 bridgehead atoms. The average molecular weight is 459 g/mol. The van der Waals surface area contributed by atoms with Crippen molar-refractivity contribution in [2.75, 3.05) is 6.26 Å². The van der Waals surface area contributed by atoms with Gasteiger partial charge < -0.3 is 5.32 Å². The molecule has 1 amide bonds. The fraction of sp³-hybridized carbons (Fsp3) is 0.217. The topological polar surface area (TPSA) is 85.4 Å².